The van der Waals surface area contributed by atoms with Crippen LogP contribution in [0.4, 0.5) is 5.69 Å². The Kier molecular flexibility index (Phi) is 2.61. The largest absolute Gasteiger partial charge is 0.321 e. The Morgan fingerprint density at radius 3 is 2.94 bits per heavy atom. The Morgan fingerprint density at radius 1 is 1.28 bits per heavy atom. The number of nitrogens with zero attached hydrogens (tertiary/aromatic N) is 1. The summed E-state index contributed by atoms with van der Waals surface area (Å²) in [6, 6.07) is 9.11. The summed E-state index contributed by atoms with van der Waals surface area (Å²) < 4.78 is 0. The van der Waals surface area contributed by atoms with Crippen LogP contribution < -0.4 is 5.32 Å². The van der Waals surface area contributed by atoms with Crippen molar-refractivity contribution in [1.82, 2.24) is 4.98 Å². The molecule has 1 aliphatic heterocycles. The number of nitrogens with one attached hydrogen (secondary N) is 1. The summed E-state index contributed by atoms with van der Waals surface area (Å²) >= 11 is 5.90. The van der Waals surface area contributed by atoms with E-state index in [0.29, 0.717) is 10.6 Å². The van der Waals surface area contributed by atoms with Crippen LogP contribution in [0.5, 0.6) is 0 Å². The van der Waals surface area contributed by atoms with Gasteiger partial charge in [0.05, 0.1) is 5.69 Å². The molecule has 2 aromatic rings. The minimum absolute atomic E-state index is 0.115. The van der Waals surface area contributed by atoms with Crippen LogP contribution in [-0.2, 0) is 4.79 Å². The Morgan fingerprint density at radius 2 is 2.17 bits per heavy atom. The zero-order valence-corrected chi connectivity index (χ0v) is 10.1. The number of carbonyl (C=O) groups is 1. The van der Waals surface area contributed by atoms with E-state index in [4.69, 9.17) is 11.6 Å². The van der Waals surface area contributed by atoms with Crippen molar-refractivity contribution in [3.05, 3.63) is 58.9 Å². The SMILES string of the molecule is O=C1Nc2cc(Cl)ccc2C1=Cc1cccnc1. The average Bonchev–Trinajstić information content (AvgIpc) is 2.66. The van der Waals surface area contributed by atoms with Crippen molar-refractivity contribution in [2.24, 2.45) is 0 Å². The lowest BCUT2D eigenvalue weighted by atomic mass is 10.1. The van der Waals surface area contributed by atoms with Crippen LogP contribution >= 0.6 is 11.6 Å². The van der Waals surface area contributed by atoms with Crippen molar-refractivity contribution < 1.29 is 4.79 Å². The third kappa shape index (κ3) is 1.89. The van der Waals surface area contributed by atoms with E-state index in [2.05, 4.69) is 10.3 Å². The third-order valence-corrected chi connectivity index (χ3v) is 3.00. The average molecular weight is 257 g/mol. The topological polar surface area (TPSA) is 42.0 Å². The highest BCUT2D eigenvalue weighted by atomic mass is 35.5. The number of benzene rings is 1. The predicted octanol–water partition coefficient (Wildman–Crippen LogP) is 3.23. The fraction of sp³-hybridized carbons (Fsp3) is 0. The lowest BCUT2D eigenvalue weighted by molar-refractivity contribution is -0.110. The van der Waals surface area contributed by atoms with E-state index in [1.165, 1.54) is 0 Å². The maximum Gasteiger partial charge on any atom is 0.256 e. The number of carbonyl (C=O) groups excluding carboxylic acids is 1. The molecule has 3 nitrogen and oxygen atoms in total. The minimum atomic E-state index is -0.115. The molecule has 0 aliphatic carbocycles. The second-order valence-corrected chi connectivity index (χ2v) is 4.42. The zero-order chi connectivity index (χ0) is 12.5. The Balaban J connectivity index is 2.10. The molecule has 88 valence electrons. The van der Waals surface area contributed by atoms with E-state index in [1.807, 2.05) is 24.3 Å². The highest BCUT2D eigenvalue weighted by molar-refractivity contribution is 6.36. The first kappa shape index (κ1) is 11.0. The van der Waals surface area contributed by atoms with Gasteiger partial charge in [0.2, 0.25) is 0 Å². The summed E-state index contributed by atoms with van der Waals surface area (Å²) in [5.41, 5.74) is 3.15. The van der Waals surface area contributed by atoms with Crippen LogP contribution in [0.1, 0.15) is 11.1 Å². The molecule has 1 amide bonds. The van der Waals surface area contributed by atoms with Gasteiger partial charge in [-0.2, -0.15) is 0 Å². The third-order valence-electron chi connectivity index (χ3n) is 2.76. The molecule has 2 heterocycles. The number of hydrogen-bond donors (Lipinski definition) is 1. The van der Waals surface area contributed by atoms with E-state index in [9.17, 15) is 4.79 Å². The molecule has 18 heavy (non-hydrogen) atoms. The molecule has 0 saturated carbocycles. The van der Waals surface area contributed by atoms with Gasteiger partial charge in [0, 0.05) is 28.6 Å². The van der Waals surface area contributed by atoms with Gasteiger partial charge in [-0.3, -0.25) is 9.78 Å². The van der Waals surface area contributed by atoms with Crippen LogP contribution in [0.2, 0.25) is 5.02 Å². The van der Waals surface area contributed by atoms with Crippen LogP contribution in [0.25, 0.3) is 11.6 Å². The van der Waals surface area contributed by atoms with Crippen molar-refractivity contribution in [2.75, 3.05) is 5.32 Å². The zero-order valence-electron chi connectivity index (χ0n) is 9.35. The summed E-state index contributed by atoms with van der Waals surface area (Å²) in [6.45, 7) is 0. The van der Waals surface area contributed by atoms with E-state index < -0.39 is 0 Å². The Bertz CT molecular complexity index is 650. The number of hydrogen-bond acceptors (Lipinski definition) is 2. The molecule has 0 unspecified atom stereocenters. The second kappa shape index (κ2) is 4.27. The minimum Gasteiger partial charge on any atom is -0.321 e. The van der Waals surface area contributed by atoms with Crippen LogP contribution in [0.15, 0.2) is 42.7 Å². The maximum atomic E-state index is 11.9. The first-order chi connectivity index (χ1) is 8.74. The Labute approximate surface area is 109 Å². The van der Waals surface area contributed by atoms with Gasteiger partial charge < -0.3 is 5.32 Å². The molecule has 1 aromatic carbocycles. The fourth-order valence-electron chi connectivity index (χ4n) is 1.94. The van der Waals surface area contributed by atoms with E-state index >= 15 is 0 Å². The van der Waals surface area contributed by atoms with Crippen molar-refractivity contribution in [2.45, 2.75) is 0 Å². The van der Waals surface area contributed by atoms with Gasteiger partial charge in [0.25, 0.3) is 5.91 Å². The molecule has 0 fully saturated rings. The lowest BCUT2D eigenvalue weighted by Gasteiger charge is -1.98. The molecule has 0 saturated heterocycles. The summed E-state index contributed by atoms with van der Waals surface area (Å²) in [7, 11) is 0. The quantitative estimate of drug-likeness (QED) is 0.796. The van der Waals surface area contributed by atoms with Gasteiger partial charge in [-0.25, -0.2) is 0 Å². The van der Waals surface area contributed by atoms with E-state index in [0.717, 1.165) is 16.8 Å². The standard InChI is InChI=1S/C14H9ClN2O/c15-10-3-4-11-12(14(18)17-13(11)7-10)6-9-2-1-5-16-8-9/h1-8H,(H,17,18). The number of amides is 1. The summed E-state index contributed by atoms with van der Waals surface area (Å²) in [6.07, 6.45) is 5.24. The van der Waals surface area contributed by atoms with E-state index in [1.54, 1.807) is 24.5 Å². The molecule has 0 radical (unpaired) electrons. The molecule has 1 aliphatic rings. The monoisotopic (exact) mass is 256 g/mol. The second-order valence-electron chi connectivity index (χ2n) is 3.99. The number of pyridine rings is 1. The van der Waals surface area contributed by atoms with Crippen LogP contribution in [0.3, 0.4) is 0 Å². The summed E-state index contributed by atoms with van der Waals surface area (Å²) in [5.74, 6) is -0.115. The molecular formula is C14H9ClN2O. The summed E-state index contributed by atoms with van der Waals surface area (Å²) in [5, 5.41) is 3.40. The number of fused-ring (bicyclic) bond motifs is 1. The van der Waals surface area contributed by atoms with Crippen LogP contribution in [0, 0.1) is 0 Å². The summed E-state index contributed by atoms with van der Waals surface area (Å²) in [4.78, 5) is 15.9. The molecule has 3 rings (SSSR count). The van der Waals surface area contributed by atoms with Crippen molar-refractivity contribution in [3.63, 3.8) is 0 Å². The van der Waals surface area contributed by atoms with Gasteiger partial charge in [-0.05, 0) is 29.8 Å². The van der Waals surface area contributed by atoms with Gasteiger partial charge in [-0.15, -0.1) is 0 Å². The van der Waals surface area contributed by atoms with Crippen molar-refractivity contribution in [3.8, 4) is 0 Å². The molecule has 4 heteroatoms. The predicted molar refractivity (Wildman–Crippen MR) is 72.2 cm³/mol. The first-order valence-corrected chi connectivity index (χ1v) is 5.85. The fourth-order valence-corrected chi connectivity index (χ4v) is 2.11. The molecule has 1 N–H and O–H groups in total. The van der Waals surface area contributed by atoms with E-state index in [-0.39, 0.29) is 5.91 Å². The molecule has 0 atom stereocenters. The number of halogens is 1. The Hall–Kier alpha value is -2.13. The highest BCUT2D eigenvalue weighted by Crippen LogP contribution is 2.34. The van der Waals surface area contributed by atoms with Gasteiger partial charge in [-0.1, -0.05) is 23.7 Å². The smallest absolute Gasteiger partial charge is 0.256 e. The number of anilines is 1. The highest BCUT2D eigenvalue weighted by Gasteiger charge is 2.23. The number of rotatable bonds is 1. The molecule has 0 spiro atoms. The van der Waals surface area contributed by atoms with Crippen molar-refractivity contribution >= 4 is 34.8 Å². The molecule has 0 bridgehead atoms. The van der Waals surface area contributed by atoms with Gasteiger partial charge >= 0.3 is 0 Å². The van der Waals surface area contributed by atoms with Crippen LogP contribution in [-0.4, -0.2) is 10.9 Å². The number of aromatic nitrogens is 1. The maximum absolute atomic E-state index is 11.9. The normalized spacial score (nSPS) is 15.6. The lowest BCUT2D eigenvalue weighted by Crippen LogP contribution is -2.03. The molecular weight excluding hydrogens is 248 g/mol. The molecule has 1 aromatic heterocycles. The first-order valence-electron chi connectivity index (χ1n) is 5.47. The van der Waals surface area contributed by atoms with Gasteiger partial charge in [0.15, 0.2) is 0 Å². The van der Waals surface area contributed by atoms with Gasteiger partial charge in [0.1, 0.15) is 0 Å². The van der Waals surface area contributed by atoms with Crippen molar-refractivity contribution in [1.29, 1.82) is 0 Å².